The lowest BCUT2D eigenvalue weighted by molar-refractivity contribution is -0.157. The monoisotopic (exact) mass is 458 g/mol. The van der Waals surface area contributed by atoms with E-state index in [9.17, 15) is 23.2 Å². The van der Waals surface area contributed by atoms with Crippen molar-refractivity contribution in [1.82, 2.24) is 9.80 Å². The standard InChI is InChI=1S/C25H28F2N2O4/c1-17(2)29(15-18-6-4-3-5-7-18)23(30)16-33-25(32)19-10-12-28(13-11-19)24(31)21-9-8-20(26)14-22(21)27/h3-9,14,17,19H,10-13,15-16H2,1-2H3. The second-order valence-corrected chi connectivity index (χ2v) is 8.40. The Morgan fingerprint density at radius 3 is 2.33 bits per heavy atom. The first-order valence-corrected chi connectivity index (χ1v) is 11.0. The number of halogens is 2. The fourth-order valence-corrected chi connectivity index (χ4v) is 3.82. The molecule has 0 bridgehead atoms. The zero-order valence-corrected chi connectivity index (χ0v) is 18.8. The first-order chi connectivity index (χ1) is 15.8. The van der Waals surface area contributed by atoms with Gasteiger partial charge in [0.2, 0.25) is 0 Å². The highest BCUT2D eigenvalue weighted by atomic mass is 19.1. The van der Waals surface area contributed by atoms with E-state index < -0.39 is 29.4 Å². The number of rotatable bonds is 7. The highest BCUT2D eigenvalue weighted by Crippen LogP contribution is 2.22. The van der Waals surface area contributed by atoms with E-state index in [0.29, 0.717) is 25.5 Å². The van der Waals surface area contributed by atoms with Crippen LogP contribution in [0.25, 0.3) is 0 Å². The van der Waals surface area contributed by atoms with Crippen molar-refractivity contribution in [3.8, 4) is 0 Å². The third-order valence-electron chi connectivity index (χ3n) is 5.75. The number of amides is 2. The molecule has 0 unspecified atom stereocenters. The van der Waals surface area contributed by atoms with Crippen LogP contribution >= 0.6 is 0 Å². The number of carbonyl (C=O) groups is 3. The van der Waals surface area contributed by atoms with Crippen LogP contribution in [0.4, 0.5) is 8.78 Å². The molecule has 0 spiro atoms. The molecule has 1 aliphatic heterocycles. The van der Waals surface area contributed by atoms with Gasteiger partial charge in [0.05, 0.1) is 11.5 Å². The maximum absolute atomic E-state index is 13.9. The fraction of sp³-hybridized carbons (Fsp3) is 0.400. The van der Waals surface area contributed by atoms with Crippen LogP contribution in [0, 0.1) is 17.6 Å². The Kier molecular flexibility index (Phi) is 8.14. The van der Waals surface area contributed by atoms with E-state index in [1.165, 1.54) is 4.90 Å². The van der Waals surface area contributed by atoms with Gasteiger partial charge < -0.3 is 14.5 Å². The van der Waals surface area contributed by atoms with Crippen molar-refractivity contribution >= 4 is 17.8 Å². The van der Waals surface area contributed by atoms with Crippen molar-refractivity contribution in [1.29, 1.82) is 0 Å². The first-order valence-electron chi connectivity index (χ1n) is 11.0. The summed E-state index contributed by atoms with van der Waals surface area (Å²) in [5.41, 5.74) is 0.788. The fourth-order valence-electron chi connectivity index (χ4n) is 3.82. The second kappa shape index (κ2) is 11.0. The molecular weight excluding hydrogens is 430 g/mol. The lowest BCUT2D eigenvalue weighted by Gasteiger charge is -2.31. The van der Waals surface area contributed by atoms with Crippen molar-refractivity contribution in [2.75, 3.05) is 19.7 Å². The van der Waals surface area contributed by atoms with E-state index in [2.05, 4.69) is 0 Å². The predicted molar refractivity (Wildman–Crippen MR) is 118 cm³/mol. The molecular formula is C25H28F2N2O4. The SMILES string of the molecule is CC(C)N(Cc1ccccc1)C(=O)COC(=O)C1CCN(C(=O)c2ccc(F)cc2F)CC1. The number of carbonyl (C=O) groups excluding carboxylic acids is 3. The molecule has 2 aromatic rings. The van der Waals surface area contributed by atoms with Gasteiger partial charge in [-0.05, 0) is 44.4 Å². The van der Waals surface area contributed by atoms with E-state index >= 15 is 0 Å². The van der Waals surface area contributed by atoms with E-state index in [1.807, 2.05) is 44.2 Å². The number of hydrogen-bond acceptors (Lipinski definition) is 4. The molecule has 1 aliphatic rings. The lowest BCUT2D eigenvalue weighted by Crippen LogP contribution is -2.42. The van der Waals surface area contributed by atoms with Gasteiger partial charge in [-0.2, -0.15) is 0 Å². The van der Waals surface area contributed by atoms with E-state index in [-0.39, 0.29) is 37.2 Å². The Labute approximate surface area is 192 Å². The summed E-state index contributed by atoms with van der Waals surface area (Å²) in [6, 6.07) is 12.3. The number of piperidine rings is 1. The maximum atomic E-state index is 13.9. The molecule has 0 aliphatic carbocycles. The first kappa shape index (κ1) is 24.4. The van der Waals surface area contributed by atoms with Gasteiger partial charge in [-0.15, -0.1) is 0 Å². The molecule has 8 heteroatoms. The zero-order valence-electron chi connectivity index (χ0n) is 18.8. The smallest absolute Gasteiger partial charge is 0.309 e. The summed E-state index contributed by atoms with van der Waals surface area (Å²) in [5.74, 6) is -3.40. The quantitative estimate of drug-likeness (QED) is 0.592. The Morgan fingerprint density at radius 2 is 1.73 bits per heavy atom. The van der Waals surface area contributed by atoms with Gasteiger partial charge in [0.1, 0.15) is 11.6 Å². The average Bonchev–Trinajstić information content (AvgIpc) is 2.81. The summed E-state index contributed by atoms with van der Waals surface area (Å²) in [6.07, 6.45) is 0.693. The summed E-state index contributed by atoms with van der Waals surface area (Å²) in [5, 5.41) is 0. The molecule has 0 atom stereocenters. The summed E-state index contributed by atoms with van der Waals surface area (Å²) in [6.45, 7) is 4.38. The van der Waals surface area contributed by atoms with Crippen LogP contribution < -0.4 is 0 Å². The van der Waals surface area contributed by atoms with Crippen LogP contribution in [0.3, 0.4) is 0 Å². The predicted octanol–water partition coefficient (Wildman–Crippen LogP) is 3.80. The van der Waals surface area contributed by atoms with Gasteiger partial charge in [-0.3, -0.25) is 14.4 Å². The molecule has 176 valence electrons. The molecule has 0 aromatic heterocycles. The summed E-state index contributed by atoms with van der Waals surface area (Å²) < 4.78 is 32.3. The van der Waals surface area contributed by atoms with Gasteiger partial charge in [-0.1, -0.05) is 30.3 Å². The van der Waals surface area contributed by atoms with Crippen molar-refractivity contribution in [2.24, 2.45) is 5.92 Å². The van der Waals surface area contributed by atoms with Crippen LogP contribution in [0.2, 0.25) is 0 Å². The van der Waals surface area contributed by atoms with E-state index in [1.54, 1.807) is 4.90 Å². The van der Waals surface area contributed by atoms with Crippen molar-refractivity contribution in [3.63, 3.8) is 0 Å². The minimum absolute atomic E-state index is 0.0579. The molecule has 1 heterocycles. The van der Waals surface area contributed by atoms with Crippen LogP contribution in [-0.4, -0.2) is 53.3 Å². The average molecular weight is 459 g/mol. The van der Waals surface area contributed by atoms with Crippen LogP contribution in [0.5, 0.6) is 0 Å². The van der Waals surface area contributed by atoms with Crippen molar-refractivity contribution in [2.45, 2.75) is 39.3 Å². The number of likely N-dealkylation sites (tertiary alicyclic amines) is 1. The highest BCUT2D eigenvalue weighted by Gasteiger charge is 2.30. The van der Waals surface area contributed by atoms with Gasteiger partial charge in [0.25, 0.3) is 11.8 Å². The van der Waals surface area contributed by atoms with Gasteiger partial charge in [-0.25, -0.2) is 8.78 Å². The number of esters is 1. The van der Waals surface area contributed by atoms with Gasteiger partial charge in [0.15, 0.2) is 6.61 Å². The third kappa shape index (κ3) is 6.37. The van der Waals surface area contributed by atoms with Gasteiger partial charge >= 0.3 is 5.97 Å². The minimum Gasteiger partial charge on any atom is -0.455 e. The molecule has 0 N–H and O–H groups in total. The molecule has 2 amide bonds. The van der Waals surface area contributed by atoms with Crippen LogP contribution in [0.15, 0.2) is 48.5 Å². The number of hydrogen-bond donors (Lipinski definition) is 0. The Morgan fingerprint density at radius 1 is 1.06 bits per heavy atom. The number of ether oxygens (including phenoxy) is 1. The maximum Gasteiger partial charge on any atom is 0.309 e. The van der Waals surface area contributed by atoms with E-state index in [4.69, 9.17) is 4.74 Å². The largest absolute Gasteiger partial charge is 0.455 e. The molecule has 6 nitrogen and oxygen atoms in total. The number of benzene rings is 2. The summed E-state index contributed by atoms with van der Waals surface area (Å²) in [7, 11) is 0. The Hall–Kier alpha value is -3.29. The molecule has 33 heavy (non-hydrogen) atoms. The molecule has 1 fully saturated rings. The topological polar surface area (TPSA) is 66.9 Å². The Balaban J connectivity index is 1.49. The van der Waals surface area contributed by atoms with Crippen molar-refractivity contribution in [3.05, 3.63) is 71.3 Å². The second-order valence-electron chi connectivity index (χ2n) is 8.40. The zero-order chi connectivity index (χ0) is 24.0. The molecule has 3 rings (SSSR count). The molecule has 2 aromatic carbocycles. The van der Waals surface area contributed by atoms with Crippen molar-refractivity contribution < 1.29 is 27.9 Å². The highest BCUT2D eigenvalue weighted by molar-refractivity contribution is 5.94. The normalized spacial score (nSPS) is 14.3. The summed E-state index contributed by atoms with van der Waals surface area (Å²) in [4.78, 5) is 40.8. The molecule has 0 radical (unpaired) electrons. The van der Waals surface area contributed by atoms with Crippen LogP contribution in [-0.2, 0) is 20.9 Å². The van der Waals surface area contributed by atoms with Crippen LogP contribution in [0.1, 0.15) is 42.6 Å². The van der Waals surface area contributed by atoms with E-state index in [0.717, 1.165) is 17.7 Å². The molecule has 1 saturated heterocycles. The number of nitrogens with zero attached hydrogens (tertiary/aromatic N) is 2. The summed E-state index contributed by atoms with van der Waals surface area (Å²) >= 11 is 0. The Bertz CT molecular complexity index is 989. The third-order valence-corrected chi connectivity index (χ3v) is 5.75. The van der Waals surface area contributed by atoms with Gasteiger partial charge in [0, 0.05) is 31.7 Å². The lowest BCUT2D eigenvalue weighted by atomic mass is 9.96. The molecule has 0 saturated carbocycles. The minimum atomic E-state index is -0.912.